The molecule has 0 aliphatic carbocycles. The van der Waals surface area contributed by atoms with Gasteiger partial charge >= 0.3 is 5.97 Å². The molecule has 0 unspecified atom stereocenters. The lowest BCUT2D eigenvalue weighted by Gasteiger charge is -2.13. The number of carboxylic acid groups (broad SMARTS) is 1. The van der Waals surface area contributed by atoms with E-state index in [9.17, 15) is 4.79 Å². The molecule has 1 atom stereocenters. The van der Waals surface area contributed by atoms with E-state index in [1.54, 1.807) is 12.2 Å². The maximum atomic E-state index is 10.6. The standard InChI is InChI=1S/C15H18O3/c1-2-3-9-14(10-11-15(16)17)18-12-13-7-5-4-6-8-13/h2-9,14H,1,10-12H2,(H,16,17)/b9-3+/t14-/m0/s1. The van der Waals surface area contributed by atoms with Gasteiger partial charge in [-0.3, -0.25) is 4.79 Å². The normalized spacial score (nSPS) is 12.4. The molecule has 1 N–H and O–H groups in total. The molecule has 96 valence electrons. The maximum Gasteiger partial charge on any atom is 0.303 e. The van der Waals surface area contributed by atoms with Gasteiger partial charge in [-0.2, -0.15) is 0 Å². The predicted octanol–water partition coefficient (Wildman–Crippen LogP) is 3.18. The highest BCUT2D eigenvalue weighted by Crippen LogP contribution is 2.09. The highest BCUT2D eigenvalue weighted by molar-refractivity contribution is 5.66. The second kappa shape index (κ2) is 8.25. The van der Waals surface area contributed by atoms with Gasteiger partial charge in [0.05, 0.1) is 12.7 Å². The topological polar surface area (TPSA) is 46.5 Å². The number of hydrogen-bond acceptors (Lipinski definition) is 2. The number of rotatable bonds is 8. The van der Waals surface area contributed by atoms with E-state index in [2.05, 4.69) is 6.58 Å². The van der Waals surface area contributed by atoms with E-state index in [1.165, 1.54) is 0 Å². The molecule has 0 fully saturated rings. The molecule has 0 saturated carbocycles. The van der Waals surface area contributed by atoms with Crippen LogP contribution >= 0.6 is 0 Å². The summed E-state index contributed by atoms with van der Waals surface area (Å²) in [5.74, 6) is -0.810. The van der Waals surface area contributed by atoms with Crippen LogP contribution in [0.25, 0.3) is 0 Å². The van der Waals surface area contributed by atoms with Crippen LogP contribution in [0, 0.1) is 0 Å². The molecule has 0 aliphatic rings. The second-order valence-electron chi connectivity index (χ2n) is 3.89. The van der Waals surface area contributed by atoms with E-state index in [1.807, 2.05) is 36.4 Å². The van der Waals surface area contributed by atoms with Gasteiger partial charge in [-0.1, -0.05) is 55.1 Å². The minimum Gasteiger partial charge on any atom is -0.481 e. The fraction of sp³-hybridized carbons (Fsp3) is 0.267. The Bertz CT molecular complexity index is 395. The Balaban J connectivity index is 2.47. The first-order valence-corrected chi connectivity index (χ1v) is 5.89. The number of carboxylic acids is 1. The first-order chi connectivity index (χ1) is 8.72. The Kier molecular flexibility index (Phi) is 6.51. The molecule has 3 heteroatoms. The van der Waals surface area contributed by atoms with E-state index >= 15 is 0 Å². The summed E-state index contributed by atoms with van der Waals surface area (Å²) in [6.07, 6.45) is 5.63. The zero-order chi connectivity index (χ0) is 13.2. The molecule has 0 saturated heterocycles. The summed E-state index contributed by atoms with van der Waals surface area (Å²) in [6, 6.07) is 9.80. The third-order valence-corrected chi connectivity index (χ3v) is 2.41. The number of benzene rings is 1. The Morgan fingerprint density at radius 3 is 2.72 bits per heavy atom. The highest BCUT2D eigenvalue weighted by Gasteiger charge is 2.08. The van der Waals surface area contributed by atoms with Gasteiger partial charge in [0.15, 0.2) is 0 Å². The molecule has 0 bridgehead atoms. The van der Waals surface area contributed by atoms with Crippen LogP contribution < -0.4 is 0 Å². The number of aliphatic carboxylic acids is 1. The van der Waals surface area contributed by atoms with Crippen LogP contribution in [0.5, 0.6) is 0 Å². The predicted molar refractivity (Wildman–Crippen MR) is 71.2 cm³/mol. The molecule has 0 heterocycles. The molecule has 0 aliphatic heterocycles. The highest BCUT2D eigenvalue weighted by atomic mass is 16.5. The molecule has 0 spiro atoms. The Morgan fingerprint density at radius 2 is 2.11 bits per heavy atom. The molecular weight excluding hydrogens is 228 g/mol. The number of allylic oxidation sites excluding steroid dienone is 2. The summed E-state index contributed by atoms with van der Waals surface area (Å²) in [4.78, 5) is 10.6. The minimum absolute atomic E-state index is 0.0982. The first kappa shape index (κ1) is 14.2. The summed E-state index contributed by atoms with van der Waals surface area (Å²) in [5.41, 5.74) is 1.07. The van der Waals surface area contributed by atoms with Gasteiger partial charge < -0.3 is 9.84 Å². The number of carbonyl (C=O) groups is 1. The molecule has 3 nitrogen and oxygen atoms in total. The van der Waals surface area contributed by atoms with Crippen molar-refractivity contribution in [1.82, 2.24) is 0 Å². The molecule has 1 aromatic carbocycles. The monoisotopic (exact) mass is 246 g/mol. The summed E-state index contributed by atoms with van der Waals surface area (Å²) in [6.45, 7) is 4.07. The van der Waals surface area contributed by atoms with E-state index in [0.717, 1.165) is 5.56 Å². The minimum atomic E-state index is -0.810. The average molecular weight is 246 g/mol. The quantitative estimate of drug-likeness (QED) is 0.716. The van der Waals surface area contributed by atoms with Gasteiger partial charge in [-0.25, -0.2) is 0 Å². The van der Waals surface area contributed by atoms with E-state index in [0.29, 0.717) is 13.0 Å². The molecule has 18 heavy (non-hydrogen) atoms. The van der Waals surface area contributed by atoms with Crippen LogP contribution in [-0.2, 0) is 16.1 Å². The van der Waals surface area contributed by atoms with Crippen molar-refractivity contribution >= 4 is 5.97 Å². The van der Waals surface area contributed by atoms with Gasteiger partial charge in [0, 0.05) is 6.42 Å². The van der Waals surface area contributed by atoms with E-state index in [-0.39, 0.29) is 12.5 Å². The van der Waals surface area contributed by atoms with Crippen LogP contribution in [0.1, 0.15) is 18.4 Å². The van der Waals surface area contributed by atoms with Gasteiger partial charge in [0.2, 0.25) is 0 Å². The lowest BCUT2D eigenvalue weighted by Crippen LogP contribution is -2.12. The van der Waals surface area contributed by atoms with Crippen molar-refractivity contribution in [2.75, 3.05) is 0 Å². The van der Waals surface area contributed by atoms with Crippen molar-refractivity contribution < 1.29 is 14.6 Å². The van der Waals surface area contributed by atoms with Crippen LogP contribution in [0.15, 0.2) is 55.1 Å². The van der Waals surface area contributed by atoms with Crippen LogP contribution in [0.2, 0.25) is 0 Å². The lowest BCUT2D eigenvalue weighted by atomic mass is 10.1. The smallest absolute Gasteiger partial charge is 0.303 e. The molecule has 0 aromatic heterocycles. The molecule has 0 radical (unpaired) electrons. The van der Waals surface area contributed by atoms with Gasteiger partial charge in [0.1, 0.15) is 0 Å². The van der Waals surface area contributed by atoms with Crippen molar-refractivity contribution in [3.63, 3.8) is 0 Å². The molecular formula is C15H18O3. The first-order valence-electron chi connectivity index (χ1n) is 5.89. The molecule has 1 aromatic rings. The van der Waals surface area contributed by atoms with Gasteiger partial charge in [-0.15, -0.1) is 0 Å². The van der Waals surface area contributed by atoms with E-state index < -0.39 is 5.97 Å². The van der Waals surface area contributed by atoms with E-state index in [4.69, 9.17) is 9.84 Å². The van der Waals surface area contributed by atoms with Crippen molar-refractivity contribution in [3.8, 4) is 0 Å². The maximum absolute atomic E-state index is 10.6. The van der Waals surface area contributed by atoms with Crippen molar-refractivity contribution in [2.45, 2.75) is 25.6 Å². The summed E-state index contributed by atoms with van der Waals surface area (Å²) in [7, 11) is 0. The second-order valence-corrected chi connectivity index (χ2v) is 3.89. The van der Waals surface area contributed by atoms with Crippen LogP contribution in [0.4, 0.5) is 0 Å². The number of ether oxygens (including phenoxy) is 1. The molecule has 0 amide bonds. The van der Waals surface area contributed by atoms with Crippen LogP contribution in [-0.4, -0.2) is 17.2 Å². The largest absolute Gasteiger partial charge is 0.481 e. The SMILES string of the molecule is C=C/C=C/[C@@H](CCC(=O)O)OCc1ccccc1. The fourth-order valence-electron chi connectivity index (χ4n) is 1.48. The zero-order valence-electron chi connectivity index (χ0n) is 10.3. The summed E-state index contributed by atoms with van der Waals surface area (Å²) >= 11 is 0. The zero-order valence-corrected chi connectivity index (χ0v) is 10.3. The third kappa shape index (κ3) is 6.01. The lowest BCUT2D eigenvalue weighted by molar-refractivity contribution is -0.137. The fourth-order valence-corrected chi connectivity index (χ4v) is 1.48. The van der Waals surface area contributed by atoms with Crippen molar-refractivity contribution in [1.29, 1.82) is 0 Å². The Morgan fingerprint density at radius 1 is 1.39 bits per heavy atom. The van der Waals surface area contributed by atoms with Crippen LogP contribution in [0.3, 0.4) is 0 Å². The summed E-state index contributed by atoms with van der Waals surface area (Å²) < 4.78 is 5.68. The van der Waals surface area contributed by atoms with Crippen molar-refractivity contribution in [3.05, 3.63) is 60.7 Å². The Labute approximate surface area is 107 Å². The van der Waals surface area contributed by atoms with Crippen molar-refractivity contribution in [2.24, 2.45) is 0 Å². The van der Waals surface area contributed by atoms with Gasteiger partial charge in [0.25, 0.3) is 0 Å². The summed E-state index contributed by atoms with van der Waals surface area (Å²) in [5, 5.41) is 8.67. The van der Waals surface area contributed by atoms with Gasteiger partial charge in [-0.05, 0) is 12.0 Å². The average Bonchev–Trinajstić information content (AvgIpc) is 2.39. The third-order valence-electron chi connectivity index (χ3n) is 2.41. The molecule has 1 rings (SSSR count). The Hall–Kier alpha value is -1.87. The number of hydrogen-bond donors (Lipinski definition) is 1.